The van der Waals surface area contributed by atoms with Crippen molar-refractivity contribution in [1.82, 2.24) is 5.32 Å². The lowest BCUT2D eigenvalue weighted by Gasteiger charge is -2.36. The summed E-state index contributed by atoms with van der Waals surface area (Å²) in [6.45, 7) is 7.98. The zero-order chi connectivity index (χ0) is 35.3. The third kappa shape index (κ3) is 7.62. The first kappa shape index (κ1) is 34.9. The van der Waals surface area contributed by atoms with Gasteiger partial charge in [-0.25, -0.2) is 4.79 Å². The van der Waals surface area contributed by atoms with Crippen LogP contribution in [0.15, 0.2) is 127 Å². The first-order valence-electron chi connectivity index (χ1n) is 16.9. The number of hydrogen-bond donors (Lipinski definition) is 1. The molecule has 5 aromatic rings. The molecule has 2 atom stereocenters. The van der Waals surface area contributed by atoms with Crippen molar-refractivity contribution >= 4 is 23.7 Å². The number of aryl methyl sites for hydroxylation is 1. The van der Waals surface area contributed by atoms with Gasteiger partial charge >= 0.3 is 12.1 Å². The number of alkyl carbamates (subject to hydrolysis) is 1. The van der Waals surface area contributed by atoms with Crippen LogP contribution in [0.3, 0.4) is 0 Å². The Kier molecular flexibility index (Phi) is 10.4. The van der Waals surface area contributed by atoms with Crippen LogP contribution in [0.5, 0.6) is 0 Å². The first-order valence-corrected chi connectivity index (χ1v) is 17.3. The van der Waals surface area contributed by atoms with Gasteiger partial charge in [0, 0.05) is 27.6 Å². The van der Waals surface area contributed by atoms with Gasteiger partial charge < -0.3 is 19.5 Å². The molecule has 7 heteroatoms. The minimum atomic E-state index is -1.37. The molecule has 6 nitrogen and oxygen atoms in total. The highest BCUT2D eigenvalue weighted by Crippen LogP contribution is 2.45. The number of carbonyl (C=O) groups excluding carboxylic acids is 2. The lowest BCUT2D eigenvalue weighted by atomic mass is 9.79. The number of hydrogen-bond acceptors (Lipinski definition) is 5. The molecule has 1 N–H and O–H groups in total. The van der Waals surface area contributed by atoms with Crippen molar-refractivity contribution in [3.05, 3.63) is 166 Å². The van der Waals surface area contributed by atoms with Gasteiger partial charge in [-0.05, 0) is 56.0 Å². The van der Waals surface area contributed by atoms with Crippen molar-refractivity contribution in [2.75, 3.05) is 13.2 Å². The van der Waals surface area contributed by atoms with Crippen LogP contribution in [0, 0.1) is 6.92 Å². The van der Waals surface area contributed by atoms with Crippen LogP contribution in [0.1, 0.15) is 66.5 Å². The van der Waals surface area contributed by atoms with E-state index in [-0.39, 0.29) is 25.6 Å². The average Bonchev–Trinajstić information content (AvgIpc) is 3.43. The Bertz CT molecular complexity index is 1910. The van der Waals surface area contributed by atoms with Crippen LogP contribution in [-0.4, -0.2) is 36.9 Å². The second kappa shape index (κ2) is 14.9. The lowest BCUT2D eigenvalue weighted by Crippen LogP contribution is -2.44. The normalized spacial score (nSPS) is 14.2. The van der Waals surface area contributed by atoms with Gasteiger partial charge in [0.2, 0.25) is 0 Å². The van der Waals surface area contributed by atoms with E-state index in [0.29, 0.717) is 10.6 Å². The number of esters is 1. The summed E-state index contributed by atoms with van der Waals surface area (Å²) >= 11 is 6.86. The molecule has 0 bridgehead atoms. The number of nitrogens with one attached hydrogen (secondary N) is 1. The van der Waals surface area contributed by atoms with Crippen LogP contribution in [-0.2, 0) is 24.6 Å². The van der Waals surface area contributed by atoms with Crippen molar-refractivity contribution < 1.29 is 23.8 Å². The van der Waals surface area contributed by atoms with Gasteiger partial charge in [-0.1, -0.05) is 138 Å². The molecule has 1 aliphatic carbocycles. The van der Waals surface area contributed by atoms with E-state index < -0.39 is 29.3 Å². The van der Waals surface area contributed by atoms with Gasteiger partial charge in [0.05, 0.1) is 24.7 Å². The number of carbonyl (C=O) groups is 2. The summed E-state index contributed by atoms with van der Waals surface area (Å²) in [5, 5.41) is 3.36. The number of benzene rings is 5. The Balaban J connectivity index is 1.26. The topological polar surface area (TPSA) is 73.9 Å². The smallest absolute Gasteiger partial charge is 0.407 e. The van der Waals surface area contributed by atoms with E-state index in [0.717, 1.165) is 38.9 Å². The summed E-state index contributed by atoms with van der Waals surface area (Å²) < 4.78 is 18.5. The molecule has 1 unspecified atom stereocenters. The molecule has 5 aromatic carbocycles. The Morgan fingerprint density at radius 3 is 1.92 bits per heavy atom. The Labute approximate surface area is 299 Å². The molecule has 0 radical (unpaired) electrons. The van der Waals surface area contributed by atoms with Crippen molar-refractivity contribution in [1.29, 1.82) is 0 Å². The number of fused-ring (bicyclic) bond motifs is 3. The first-order chi connectivity index (χ1) is 24.0. The largest absolute Gasteiger partial charge is 0.449 e. The lowest BCUT2D eigenvalue weighted by molar-refractivity contribution is -0.154. The number of amides is 1. The predicted molar refractivity (Wildman–Crippen MR) is 197 cm³/mol. The van der Waals surface area contributed by atoms with Crippen molar-refractivity contribution in [2.45, 2.75) is 57.3 Å². The second-order valence-corrected chi connectivity index (χ2v) is 14.1. The highest BCUT2D eigenvalue weighted by atomic mass is 35.5. The maximum absolute atomic E-state index is 14.2. The monoisotopic (exact) mass is 687 g/mol. The molecule has 0 aromatic heterocycles. The predicted octanol–water partition coefficient (Wildman–Crippen LogP) is 9.60. The van der Waals surface area contributed by atoms with Crippen LogP contribution < -0.4 is 5.32 Å². The van der Waals surface area contributed by atoms with E-state index in [1.54, 1.807) is 6.07 Å². The molecule has 1 aliphatic rings. The van der Waals surface area contributed by atoms with Crippen molar-refractivity contribution in [3.8, 4) is 11.1 Å². The van der Waals surface area contributed by atoms with Crippen molar-refractivity contribution in [3.63, 3.8) is 0 Å². The minimum absolute atomic E-state index is 0.0672. The van der Waals surface area contributed by atoms with E-state index in [2.05, 4.69) is 29.6 Å². The fourth-order valence-electron chi connectivity index (χ4n) is 6.58. The van der Waals surface area contributed by atoms with Crippen LogP contribution >= 0.6 is 11.6 Å². The molecule has 0 aliphatic heterocycles. The van der Waals surface area contributed by atoms with Crippen LogP contribution in [0.2, 0.25) is 5.02 Å². The summed E-state index contributed by atoms with van der Waals surface area (Å²) in [6.07, 6.45) is -0.813. The molecule has 0 saturated heterocycles. The minimum Gasteiger partial charge on any atom is -0.449 e. The van der Waals surface area contributed by atoms with Gasteiger partial charge in [-0.3, -0.25) is 4.79 Å². The Morgan fingerprint density at radius 2 is 1.30 bits per heavy atom. The number of halogens is 1. The molecule has 0 fully saturated rings. The van der Waals surface area contributed by atoms with Crippen molar-refractivity contribution in [2.24, 2.45) is 0 Å². The van der Waals surface area contributed by atoms with E-state index in [4.69, 9.17) is 25.8 Å². The highest BCUT2D eigenvalue weighted by molar-refractivity contribution is 6.31. The Hall–Kier alpha value is -4.91. The molecular weight excluding hydrogens is 646 g/mol. The molecule has 0 saturated carbocycles. The molecule has 6 rings (SSSR count). The summed E-state index contributed by atoms with van der Waals surface area (Å²) in [5.41, 5.74) is 5.79. The zero-order valence-electron chi connectivity index (χ0n) is 28.8. The molecule has 50 heavy (non-hydrogen) atoms. The quantitative estimate of drug-likeness (QED) is 0.111. The van der Waals surface area contributed by atoms with Crippen LogP contribution in [0.4, 0.5) is 4.79 Å². The molecule has 1 amide bonds. The standard InChI is InChI=1S/C43H42ClNO5/c1-29-22-24-31(25-23-29)43(30-14-6-5-7-15-30,38-20-12-13-21-39(38)44)50-40(46)26-32(27-49-42(2,3)4)45-41(47)48-28-37-35-18-10-8-16-33(35)34-17-9-11-19-36(34)37/h5-25,32,37H,26-28H2,1-4H3,(H,45,47)/t32-,43?/m0/s1. The fraction of sp³-hybridized carbons (Fsp3) is 0.256. The van der Waals surface area contributed by atoms with E-state index in [1.807, 2.05) is 125 Å². The molecule has 256 valence electrons. The summed E-state index contributed by atoms with van der Waals surface area (Å²) in [6, 6.07) is 40.4. The number of rotatable bonds is 11. The fourth-order valence-corrected chi connectivity index (χ4v) is 6.85. The highest BCUT2D eigenvalue weighted by Gasteiger charge is 2.42. The SMILES string of the molecule is Cc1ccc(C(OC(=O)C[C@@H](COC(C)(C)C)NC(=O)OCC2c3ccccc3-c3ccccc32)(c2ccccc2)c2ccccc2Cl)cc1. The number of ether oxygens (including phenoxy) is 3. The second-order valence-electron chi connectivity index (χ2n) is 13.7. The maximum atomic E-state index is 14.2. The summed E-state index contributed by atoms with van der Waals surface area (Å²) in [4.78, 5) is 27.6. The van der Waals surface area contributed by atoms with E-state index in [1.165, 1.54) is 0 Å². The Morgan fingerprint density at radius 1 is 0.740 bits per heavy atom. The third-order valence-electron chi connectivity index (χ3n) is 8.95. The summed E-state index contributed by atoms with van der Waals surface area (Å²) in [7, 11) is 0. The molecular formula is C43H42ClNO5. The van der Waals surface area contributed by atoms with Gasteiger partial charge in [-0.2, -0.15) is 0 Å². The average molecular weight is 688 g/mol. The molecule has 0 spiro atoms. The summed E-state index contributed by atoms with van der Waals surface area (Å²) in [5.74, 6) is -0.644. The van der Waals surface area contributed by atoms with E-state index in [9.17, 15) is 9.59 Å². The van der Waals surface area contributed by atoms with Gasteiger partial charge in [0.1, 0.15) is 6.61 Å². The third-order valence-corrected chi connectivity index (χ3v) is 9.28. The molecule has 0 heterocycles. The van der Waals surface area contributed by atoms with Gasteiger partial charge in [0.25, 0.3) is 0 Å². The maximum Gasteiger partial charge on any atom is 0.407 e. The van der Waals surface area contributed by atoms with Gasteiger partial charge in [-0.15, -0.1) is 0 Å². The van der Waals surface area contributed by atoms with E-state index >= 15 is 0 Å². The zero-order valence-corrected chi connectivity index (χ0v) is 29.6. The van der Waals surface area contributed by atoms with Gasteiger partial charge in [0.15, 0.2) is 5.60 Å². The van der Waals surface area contributed by atoms with Crippen LogP contribution in [0.25, 0.3) is 11.1 Å².